The largest absolute Gasteiger partial charge is 0.378 e. The molecule has 2 aliphatic rings. The second-order valence-electron chi connectivity index (χ2n) is 9.64. The first-order valence-electron chi connectivity index (χ1n) is 12.2. The molecule has 34 heavy (non-hydrogen) atoms. The fraction of sp³-hybridized carbons (Fsp3) is 0.444. The van der Waals surface area contributed by atoms with E-state index in [4.69, 9.17) is 9.72 Å². The van der Waals surface area contributed by atoms with Crippen molar-refractivity contribution in [3.8, 4) is 11.1 Å². The van der Waals surface area contributed by atoms with Crippen LogP contribution in [0.4, 0.5) is 5.95 Å². The maximum absolute atomic E-state index is 12.5. The van der Waals surface area contributed by atoms with Gasteiger partial charge in [0.1, 0.15) is 0 Å². The van der Waals surface area contributed by atoms with Gasteiger partial charge in [-0.25, -0.2) is 9.97 Å². The zero-order chi connectivity index (χ0) is 23.7. The van der Waals surface area contributed by atoms with E-state index >= 15 is 0 Å². The van der Waals surface area contributed by atoms with Crippen molar-refractivity contribution in [1.82, 2.24) is 20.2 Å². The first kappa shape index (κ1) is 22.7. The molecule has 1 saturated heterocycles. The normalized spacial score (nSPS) is 20.9. The maximum Gasteiger partial charge on any atom is 0.251 e. The number of aromatic nitrogens is 2. The highest BCUT2D eigenvalue weighted by atomic mass is 16.5. The van der Waals surface area contributed by atoms with Crippen LogP contribution in [0.3, 0.4) is 0 Å². The van der Waals surface area contributed by atoms with E-state index in [9.17, 15) is 4.79 Å². The molecule has 1 amide bonds. The zero-order valence-corrected chi connectivity index (χ0v) is 20.2. The van der Waals surface area contributed by atoms with Crippen molar-refractivity contribution in [3.05, 3.63) is 53.7 Å². The van der Waals surface area contributed by atoms with Gasteiger partial charge in [0.15, 0.2) is 0 Å². The second kappa shape index (κ2) is 9.68. The topological polar surface area (TPSA) is 79.4 Å². The van der Waals surface area contributed by atoms with E-state index in [1.807, 2.05) is 30.5 Å². The molecule has 5 rings (SSSR count). The molecule has 0 bridgehead atoms. The third-order valence-corrected chi connectivity index (χ3v) is 6.81. The van der Waals surface area contributed by atoms with Gasteiger partial charge in [0.05, 0.1) is 18.7 Å². The molecule has 0 radical (unpaired) electrons. The number of nitrogens with zero attached hydrogens (tertiary/aromatic N) is 3. The lowest BCUT2D eigenvalue weighted by molar-refractivity contribution is -0.0344. The number of carbonyl (C=O) groups excluding carboxylic acids is 1. The van der Waals surface area contributed by atoms with Crippen LogP contribution >= 0.6 is 0 Å². The molecule has 1 saturated carbocycles. The highest BCUT2D eigenvalue weighted by molar-refractivity contribution is 5.96. The molecule has 7 nitrogen and oxygen atoms in total. The van der Waals surface area contributed by atoms with E-state index < -0.39 is 0 Å². The average Bonchev–Trinajstić information content (AvgIpc) is 3.65. The van der Waals surface area contributed by atoms with E-state index in [2.05, 4.69) is 53.4 Å². The van der Waals surface area contributed by atoms with E-state index in [-0.39, 0.29) is 5.91 Å². The number of fused-ring (bicyclic) bond motifs is 1. The van der Waals surface area contributed by atoms with Crippen LogP contribution in [0.15, 0.2) is 42.6 Å². The van der Waals surface area contributed by atoms with Crippen LogP contribution in [0.2, 0.25) is 0 Å². The molecule has 2 unspecified atom stereocenters. The minimum Gasteiger partial charge on any atom is -0.378 e. The number of aryl methyl sites for hydroxylation is 1. The van der Waals surface area contributed by atoms with Crippen LogP contribution < -0.4 is 10.6 Å². The summed E-state index contributed by atoms with van der Waals surface area (Å²) in [7, 11) is 0. The Morgan fingerprint density at radius 3 is 2.68 bits per heavy atom. The molecule has 2 N–H and O–H groups in total. The van der Waals surface area contributed by atoms with Gasteiger partial charge in [0.25, 0.3) is 5.91 Å². The van der Waals surface area contributed by atoms with Gasteiger partial charge in [-0.1, -0.05) is 12.1 Å². The monoisotopic (exact) mass is 459 g/mol. The maximum atomic E-state index is 12.5. The fourth-order valence-electron chi connectivity index (χ4n) is 4.63. The van der Waals surface area contributed by atoms with Crippen molar-refractivity contribution in [2.75, 3.05) is 31.6 Å². The van der Waals surface area contributed by atoms with Crippen molar-refractivity contribution in [3.63, 3.8) is 0 Å². The van der Waals surface area contributed by atoms with Gasteiger partial charge < -0.3 is 15.4 Å². The second-order valence-corrected chi connectivity index (χ2v) is 9.64. The minimum atomic E-state index is 0.00413. The third-order valence-electron chi connectivity index (χ3n) is 6.81. The molecule has 0 spiro atoms. The number of benzene rings is 2. The Hall–Kier alpha value is -3.03. The van der Waals surface area contributed by atoms with Gasteiger partial charge in [0.2, 0.25) is 5.95 Å². The lowest BCUT2D eigenvalue weighted by atomic mass is 9.97. The molecule has 2 aromatic carbocycles. The number of carbonyl (C=O) groups is 1. The lowest BCUT2D eigenvalue weighted by Crippen LogP contribution is -2.51. The van der Waals surface area contributed by atoms with Gasteiger partial charge in [0, 0.05) is 48.4 Å². The summed E-state index contributed by atoms with van der Waals surface area (Å²) in [5, 5.41) is 7.42. The van der Waals surface area contributed by atoms with Crippen LogP contribution in [-0.4, -0.2) is 65.2 Å². The van der Waals surface area contributed by atoms with E-state index in [1.165, 1.54) is 0 Å². The smallest absolute Gasteiger partial charge is 0.251 e. The Morgan fingerprint density at radius 2 is 1.91 bits per heavy atom. The summed E-state index contributed by atoms with van der Waals surface area (Å²) in [4.78, 5) is 24.2. The molecule has 1 aliphatic carbocycles. The Kier molecular flexibility index (Phi) is 6.48. The minimum absolute atomic E-state index is 0.00413. The van der Waals surface area contributed by atoms with Gasteiger partial charge in [-0.05, 0) is 74.6 Å². The SMILES string of the molecule is Cc1ccc(C(=O)NC2CC2)cc1-c1ccc2nc(NCCN3C(C)COCC3C)ncc2c1. The number of morpholine rings is 1. The quantitative estimate of drug-likeness (QED) is 0.556. The van der Waals surface area contributed by atoms with E-state index in [0.29, 0.717) is 29.6 Å². The van der Waals surface area contributed by atoms with Gasteiger partial charge in [-0.3, -0.25) is 9.69 Å². The summed E-state index contributed by atoms with van der Waals surface area (Å²) >= 11 is 0. The molecule has 2 atom stereocenters. The van der Waals surface area contributed by atoms with E-state index in [1.54, 1.807) is 0 Å². The standard InChI is InChI=1S/C27H33N5O2/c1-17-4-5-21(26(33)30-23-7-8-23)13-24(17)20-6-9-25-22(12-20)14-29-27(31-25)28-10-11-32-18(2)15-34-16-19(32)3/h4-6,9,12-14,18-19,23H,7-8,10-11,15-16H2,1-3H3,(H,30,33)(H,28,29,31). The first-order valence-corrected chi connectivity index (χ1v) is 12.2. The number of ether oxygens (including phenoxy) is 1. The van der Waals surface area contributed by atoms with Crippen molar-refractivity contribution in [2.45, 2.75) is 51.7 Å². The van der Waals surface area contributed by atoms with Crippen molar-refractivity contribution < 1.29 is 9.53 Å². The molecule has 2 fully saturated rings. The Balaban J connectivity index is 1.29. The number of hydrogen-bond donors (Lipinski definition) is 2. The summed E-state index contributed by atoms with van der Waals surface area (Å²) in [5.41, 5.74) is 4.85. The Bertz CT molecular complexity index is 1180. The number of amides is 1. The van der Waals surface area contributed by atoms with Crippen LogP contribution in [0.5, 0.6) is 0 Å². The highest BCUT2D eigenvalue weighted by Crippen LogP contribution is 2.28. The van der Waals surface area contributed by atoms with Gasteiger partial charge >= 0.3 is 0 Å². The molecule has 1 aliphatic heterocycles. The number of anilines is 1. The Morgan fingerprint density at radius 1 is 1.12 bits per heavy atom. The molecule has 1 aromatic heterocycles. The summed E-state index contributed by atoms with van der Waals surface area (Å²) < 4.78 is 5.62. The first-order chi connectivity index (χ1) is 16.5. The Labute approximate surface area is 200 Å². The number of rotatable bonds is 7. The van der Waals surface area contributed by atoms with E-state index in [0.717, 1.165) is 66.7 Å². The average molecular weight is 460 g/mol. The molecule has 178 valence electrons. The summed E-state index contributed by atoms with van der Waals surface area (Å²) in [5.74, 6) is 0.646. The lowest BCUT2D eigenvalue weighted by Gasteiger charge is -2.38. The third kappa shape index (κ3) is 5.05. The van der Waals surface area contributed by atoms with Crippen molar-refractivity contribution in [1.29, 1.82) is 0 Å². The fourth-order valence-corrected chi connectivity index (χ4v) is 4.63. The summed E-state index contributed by atoms with van der Waals surface area (Å²) in [6.07, 6.45) is 4.03. The molecule has 7 heteroatoms. The van der Waals surface area contributed by atoms with Gasteiger partial charge in [-0.15, -0.1) is 0 Å². The van der Waals surface area contributed by atoms with Crippen LogP contribution in [0, 0.1) is 6.92 Å². The summed E-state index contributed by atoms with van der Waals surface area (Å²) in [6, 6.07) is 13.3. The molecular weight excluding hydrogens is 426 g/mol. The van der Waals surface area contributed by atoms with Crippen LogP contribution in [0.25, 0.3) is 22.0 Å². The predicted molar refractivity (Wildman–Crippen MR) is 135 cm³/mol. The number of hydrogen-bond acceptors (Lipinski definition) is 6. The molecular formula is C27H33N5O2. The zero-order valence-electron chi connectivity index (χ0n) is 20.2. The van der Waals surface area contributed by atoms with Crippen LogP contribution in [0.1, 0.15) is 42.6 Å². The van der Waals surface area contributed by atoms with Crippen molar-refractivity contribution in [2.24, 2.45) is 0 Å². The molecule has 3 aromatic rings. The van der Waals surface area contributed by atoms with Crippen LogP contribution in [-0.2, 0) is 4.74 Å². The van der Waals surface area contributed by atoms with Crippen molar-refractivity contribution >= 4 is 22.8 Å². The molecule has 2 heterocycles. The highest BCUT2D eigenvalue weighted by Gasteiger charge is 2.25. The number of nitrogens with one attached hydrogen (secondary N) is 2. The van der Waals surface area contributed by atoms with Gasteiger partial charge in [-0.2, -0.15) is 0 Å². The predicted octanol–water partition coefficient (Wildman–Crippen LogP) is 4.02. The summed E-state index contributed by atoms with van der Waals surface area (Å²) in [6.45, 7) is 9.76.